The number of nitrogens with one attached hydrogen (secondary N) is 1. The fourth-order valence-corrected chi connectivity index (χ4v) is 2.96. The van der Waals surface area contributed by atoms with Crippen LogP contribution in [0.25, 0.3) is 0 Å². The summed E-state index contributed by atoms with van der Waals surface area (Å²) in [5.41, 5.74) is 1.17. The highest BCUT2D eigenvalue weighted by Crippen LogP contribution is 2.21. The molecule has 25 heavy (non-hydrogen) atoms. The molecule has 1 aromatic rings. The minimum absolute atomic E-state index is 0.0117. The van der Waals surface area contributed by atoms with Gasteiger partial charge in [0, 0.05) is 50.3 Å². The summed E-state index contributed by atoms with van der Waals surface area (Å²) in [7, 11) is 3.39. The highest BCUT2D eigenvalue weighted by Gasteiger charge is 2.28. The number of anilines is 1. The molecule has 1 N–H and O–H groups in total. The van der Waals surface area contributed by atoms with Gasteiger partial charge < -0.3 is 15.1 Å². The topological polar surface area (TPSA) is 69.7 Å². The largest absolute Gasteiger partial charge is 0.345 e. The molecule has 0 bridgehead atoms. The number of hydrogen-bond donors (Lipinski definition) is 1. The first-order chi connectivity index (χ1) is 11.8. The van der Waals surface area contributed by atoms with Gasteiger partial charge in [0.05, 0.1) is 0 Å². The predicted octanol–water partition coefficient (Wildman–Crippen LogP) is 2.22. The van der Waals surface area contributed by atoms with Crippen LogP contribution >= 0.6 is 0 Å². The van der Waals surface area contributed by atoms with Gasteiger partial charge in [-0.3, -0.25) is 14.4 Å². The van der Waals surface area contributed by atoms with Gasteiger partial charge in [-0.05, 0) is 31.0 Å². The minimum Gasteiger partial charge on any atom is -0.345 e. The predicted molar refractivity (Wildman–Crippen MR) is 97.2 cm³/mol. The second-order valence-electron chi connectivity index (χ2n) is 7.02. The van der Waals surface area contributed by atoms with Crippen LogP contribution < -0.4 is 5.32 Å². The van der Waals surface area contributed by atoms with Crippen LogP contribution in [0.5, 0.6) is 0 Å². The Kier molecular flexibility index (Phi) is 6.17. The van der Waals surface area contributed by atoms with E-state index in [0.717, 1.165) is 0 Å². The number of hydrogen-bond acceptors (Lipinski definition) is 3. The summed E-state index contributed by atoms with van der Waals surface area (Å²) in [4.78, 5) is 39.8. The number of carbonyl (C=O) groups is 3. The van der Waals surface area contributed by atoms with Gasteiger partial charge in [0.1, 0.15) is 0 Å². The van der Waals surface area contributed by atoms with E-state index in [0.29, 0.717) is 37.2 Å². The molecule has 0 aliphatic carbocycles. The van der Waals surface area contributed by atoms with Gasteiger partial charge in [-0.1, -0.05) is 19.9 Å². The van der Waals surface area contributed by atoms with Crippen molar-refractivity contribution in [2.75, 3.05) is 32.5 Å². The van der Waals surface area contributed by atoms with Crippen LogP contribution in [0.2, 0.25) is 0 Å². The maximum absolute atomic E-state index is 12.5. The molecule has 0 radical (unpaired) electrons. The van der Waals surface area contributed by atoms with Crippen LogP contribution in [0.3, 0.4) is 0 Å². The van der Waals surface area contributed by atoms with Crippen LogP contribution in [0, 0.1) is 11.8 Å². The summed E-state index contributed by atoms with van der Waals surface area (Å²) in [6, 6.07) is 6.96. The van der Waals surface area contributed by atoms with Crippen LogP contribution in [0.4, 0.5) is 5.69 Å². The van der Waals surface area contributed by atoms with Crippen LogP contribution in [0.1, 0.15) is 37.0 Å². The van der Waals surface area contributed by atoms with Gasteiger partial charge in [-0.2, -0.15) is 0 Å². The monoisotopic (exact) mass is 345 g/mol. The van der Waals surface area contributed by atoms with Crippen molar-refractivity contribution in [2.24, 2.45) is 11.8 Å². The molecule has 1 heterocycles. The summed E-state index contributed by atoms with van der Waals surface area (Å²) < 4.78 is 0. The summed E-state index contributed by atoms with van der Waals surface area (Å²) in [6.07, 6.45) is 1.33. The van der Waals surface area contributed by atoms with E-state index in [2.05, 4.69) is 5.32 Å². The molecule has 2 rings (SSSR count). The lowest BCUT2D eigenvalue weighted by molar-refractivity contribution is -0.137. The molecule has 6 nitrogen and oxygen atoms in total. The molecule has 3 amide bonds. The minimum atomic E-state index is -0.107. The molecule has 0 unspecified atom stereocenters. The Balaban J connectivity index is 1.94. The molecular formula is C19H27N3O3. The molecule has 1 fully saturated rings. The van der Waals surface area contributed by atoms with E-state index in [-0.39, 0.29) is 29.6 Å². The number of nitrogens with zero attached hydrogens (tertiary/aromatic N) is 2. The van der Waals surface area contributed by atoms with E-state index in [1.54, 1.807) is 38.4 Å². The first-order valence-corrected chi connectivity index (χ1v) is 8.71. The maximum atomic E-state index is 12.5. The lowest BCUT2D eigenvalue weighted by atomic mass is 9.95. The van der Waals surface area contributed by atoms with E-state index >= 15 is 0 Å². The van der Waals surface area contributed by atoms with E-state index in [1.165, 1.54) is 4.90 Å². The van der Waals surface area contributed by atoms with E-state index in [4.69, 9.17) is 0 Å². The van der Waals surface area contributed by atoms with Crippen molar-refractivity contribution in [3.05, 3.63) is 29.8 Å². The molecule has 1 aromatic carbocycles. The Labute approximate surface area is 149 Å². The molecule has 0 aromatic heterocycles. The van der Waals surface area contributed by atoms with Gasteiger partial charge >= 0.3 is 0 Å². The van der Waals surface area contributed by atoms with E-state index in [1.807, 2.05) is 18.7 Å². The third kappa shape index (κ3) is 4.81. The molecule has 1 saturated heterocycles. The van der Waals surface area contributed by atoms with Crippen molar-refractivity contribution in [1.82, 2.24) is 9.80 Å². The zero-order chi connectivity index (χ0) is 18.6. The Morgan fingerprint density at radius 2 is 1.80 bits per heavy atom. The molecule has 0 saturated carbocycles. The van der Waals surface area contributed by atoms with Crippen LogP contribution in [0.15, 0.2) is 24.3 Å². The number of carbonyl (C=O) groups excluding carboxylic acids is 3. The van der Waals surface area contributed by atoms with Gasteiger partial charge in [0.25, 0.3) is 5.91 Å². The molecule has 1 aliphatic heterocycles. The third-order valence-corrected chi connectivity index (χ3v) is 4.45. The molecular weight excluding hydrogens is 318 g/mol. The first kappa shape index (κ1) is 19.0. The Bertz CT molecular complexity index is 647. The van der Waals surface area contributed by atoms with Crippen molar-refractivity contribution in [3.63, 3.8) is 0 Å². The smallest absolute Gasteiger partial charge is 0.253 e. The highest BCUT2D eigenvalue weighted by molar-refractivity contribution is 5.97. The number of amides is 3. The first-order valence-electron chi connectivity index (χ1n) is 8.71. The highest BCUT2D eigenvalue weighted by atomic mass is 16.2. The number of piperidine rings is 1. The summed E-state index contributed by atoms with van der Waals surface area (Å²) in [5.74, 6) is -0.122. The molecule has 136 valence electrons. The average Bonchev–Trinajstić information content (AvgIpc) is 2.60. The lowest BCUT2D eigenvalue weighted by Gasteiger charge is -2.32. The quantitative estimate of drug-likeness (QED) is 0.910. The Hall–Kier alpha value is -2.37. The molecule has 0 atom stereocenters. The fraction of sp³-hybridized carbons (Fsp3) is 0.526. The van der Waals surface area contributed by atoms with E-state index in [9.17, 15) is 14.4 Å². The zero-order valence-corrected chi connectivity index (χ0v) is 15.4. The number of rotatable bonds is 4. The van der Waals surface area contributed by atoms with Crippen molar-refractivity contribution < 1.29 is 14.4 Å². The third-order valence-electron chi connectivity index (χ3n) is 4.45. The van der Waals surface area contributed by atoms with Gasteiger partial charge in [-0.25, -0.2) is 0 Å². The van der Waals surface area contributed by atoms with Crippen molar-refractivity contribution in [1.29, 1.82) is 0 Å². The Morgan fingerprint density at radius 1 is 1.16 bits per heavy atom. The SMILES string of the molecule is CC(C)C(=O)N1CCC(C(=O)Nc2cccc(C(=O)N(C)C)c2)CC1. The molecule has 6 heteroatoms. The number of benzene rings is 1. The van der Waals surface area contributed by atoms with Crippen molar-refractivity contribution >= 4 is 23.4 Å². The second kappa shape index (κ2) is 8.14. The second-order valence-corrected chi connectivity index (χ2v) is 7.02. The Morgan fingerprint density at radius 3 is 2.36 bits per heavy atom. The standard InChI is InChI=1S/C19H27N3O3/c1-13(2)18(24)22-10-8-14(9-11-22)17(23)20-16-7-5-6-15(12-16)19(25)21(3)4/h5-7,12-14H,8-11H2,1-4H3,(H,20,23). The van der Waals surface area contributed by atoms with Crippen molar-refractivity contribution in [2.45, 2.75) is 26.7 Å². The van der Waals surface area contributed by atoms with Gasteiger partial charge in [0.2, 0.25) is 11.8 Å². The molecule has 0 spiro atoms. The normalized spacial score (nSPS) is 15.2. The number of likely N-dealkylation sites (tertiary alicyclic amines) is 1. The van der Waals surface area contributed by atoms with Gasteiger partial charge in [-0.15, -0.1) is 0 Å². The van der Waals surface area contributed by atoms with Crippen LogP contribution in [-0.4, -0.2) is 54.7 Å². The lowest BCUT2D eigenvalue weighted by Crippen LogP contribution is -2.43. The summed E-state index contributed by atoms with van der Waals surface area (Å²) in [6.45, 7) is 5.02. The van der Waals surface area contributed by atoms with Gasteiger partial charge in [0.15, 0.2) is 0 Å². The average molecular weight is 345 g/mol. The fourth-order valence-electron chi connectivity index (χ4n) is 2.96. The summed E-state index contributed by atoms with van der Waals surface area (Å²) in [5, 5.41) is 2.90. The maximum Gasteiger partial charge on any atom is 0.253 e. The van der Waals surface area contributed by atoms with E-state index < -0.39 is 0 Å². The van der Waals surface area contributed by atoms with Crippen LogP contribution in [-0.2, 0) is 9.59 Å². The molecule has 1 aliphatic rings. The van der Waals surface area contributed by atoms with Crippen molar-refractivity contribution in [3.8, 4) is 0 Å². The zero-order valence-electron chi connectivity index (χ0n) is 15.4. The summed E-state index contributed by atoms with van der Waals surface area (Å²) >= 11 is 0.